The van der Waals surface area contributed by atoms with Crippen LogP contribution in [0.3, 0.4) is 0 Å². The number of rotatable bonds is 11. The van der Waals surface area contributed by atoms with Gasteiger partial charge in [-0.3, -0.25) is 0 Å². The first-order valence-electron chi connectivity index (χ1n) is 6.51. The molecule has 0 saturated heterocycles. The Morgan fingerprint density at radius 2 is 1.50 bits per heavy atom. The summed E-state index contributed by atoms with van der Waals surface area (Å²) in [4.78, 5) is 0. The minimum absolute atomic E-state index is 0.156. The SMILES string of the molecule is CCCCOC(C)COC(C)COCCC. The zero-order chi connectivity index (χ0) is 12.2. The number of hydrogen-bond donors (Lipinski definition) is 0. The Balaban J connectivity index is 3.32. The molecule has 0 aromatic heterocycles. The molecule has 2 atom stereocenters. The van der Waals surface area contributed by atoms with Gasteiger partial charge >= 0.3 is 0 Å². The Morgan fingerprint density at radius 1 is 0.812 bits per heavy atom. The zero-order valence-electron chi connectivity index (χ0n) is 11.3. The van der Waals surface area contributed by atoms with Crippen molar-refractivity contribution in [3.63, 3.8) is 0 Å². The van der Waals surface area contributed by atoms with E-state index in [0.717, 1.165) is 26.1 Å². The largest absolute Gasteiger partial charge is 0.379 e. The molecule has 0 fully saturated rings. The lowest BCUT2D eigenvalue weighted by atomic mass is 10.3. The fourth-order valence-corrected chi connectivity index (χ4v) is 1.22. The van der Waals surface area contributed by atoms with E-state index < -0.39 is 0 Å². The summed E-state index contributed by atoms with van der Waals surface area (Å²) in [5.74, 6) is 0. The van der Waals surface area contributed by atoms with Gasteiger partial charge in [0.15, 0.2) is 0 Å². The van der Waals surface area contributed by atoms with Crippen LogP contribution >= 0.6 is 0 Å². The van der Waals surface area contributed by atoms with Crippen molar-refractivity contribution in [2.75, 3.05) is 26.4 Å². The van der Waals surface area contributed by atoms with Gasteiger partial charge in [0.05, 0.1) is 25.4 Å². The van der Waals surface area contributed by atoms with Crippen LogP contribution in [0.15, 0.2) is 0 Å². The first-order valence-corrected chi connectivity index (χ1v) is 6.51. The lowest BCUT2D eigenvalue weighted by Crippen LogP contribution is -2.23. The number of unbranched alkanes of at least 4 members (excludes halogenated alkanes) is 1. The number of ether oxygens (including phenoxy) is 3. The minimum atomic E-state index is 0.156. The van der Waals surface area contributed by atoms with Gasteiger partial charge in [-0.25, -0.2) is 0 Å². The summed E-state index contributed by atoms with van der Waals surface area (Å²) in [6.07, 6.45) is 3.70. The van der Waals surface area contributed by atoms with Gasteiger partial charge < -0.3 is 14.2 Å². The molecule has 0 bridgehead atoms. The van der Waals surface area contributed by atoms with Gasteiger partial charge in [-0.15, -0.1) is 0 Å². The molecular weight excluding hydrogens is 204 g/mol. The van der Waals surface area contributed by atoms with E-state index >= 15 is 0 Å². The molecule has 0 aliphatic carbocycles. The third kappa shape index (κ3) is 10.4. The summed E-state index contributed by atoms with van der Waals surface area (Å²) in [5.41, 5.74) is 0. The Bertz CT molecular complexity index is 123. The summed E-state index contributed by atoms with van der Waals surface area (Å²) in [7, 11) is 0. The summed E-state index contributed by atoms with van der Waals surface area (Å²) in [6, 6.07) is 0. The van der Waals surface area contributed by atoms with E-state index in [1.54, 1.807) is 0 Å². The van der Waals surface area contributed by atoms with E-state index in [1.807, 2.05) is 6.92 Å². The van der Waals surface area contributed by atoms with Crippen molar-refractivity contribution in [1.82, 2.24) is 0 Å². The average Bonchev–Trinajstić information content (AvgIpc) is 2.27. The monoisotopic (exact) mass is 232 g/mol. The lowest BCUT2D eigenvalue weighted by Gasteiger charge is -2.17. The molecular formula is C13H28O3. The molecule has 0 radical (unpaired) electrons. The molecule has 3 heteroatoms. The van der Waals surface area contributed by atoms with E-state index in [1.165, 1.54) is 6.42 Å². The molecule has 0 aliphatic heterocycles. The second-order valence-corrected chi connectivity index (χ2v) is 4.25. The van der Waals surface area contributed by atoms with Crippen LogP contribution in [0.25, 0.3) is 0 Å². The highest BCUT2D eigenvalue weighted by Gasteiger charge is 2.06. The second-order valence-electron chi connectivity index (χ2n) is 4.25. The molecule has 98 valence electrons. The van der Waals surface area contributed by atoms with Gasteiger partial charge in [-0.05, 0) is 26.7 Å². The van der Waals surface area contributed by atoms with Crippen molar-refractivity contribution >= 4 is 0 Å². The van der Waals surface area contributed by atoms with Crippen molar-refractivity contribution in [2.45, 2.75) is 59.2 Å². The summed E-state index contributed by atoms with van der Waals surface area (Å²) >= 11 is 0. The Labute approximate surface area is 100 Å². The summed E-state index contributed by atoms with van der Waals surface area (Å²) < 4.78 is 16.6. The first kappa shape index (κ1) is 15.9. The number of hydrogen-bond acceptors (Lipinski definition) is 3. The normalized spacial score (nSPS) is 15.0. The van der Waals surface area contributed by atoms with Crippen LogP contribution in [0.1, 0.15) is 47.0 Å². The predicted molar refractivity (Wildman–Crippen MR) is 66.8 cm³/mol. The molecule has 0 rings (SSSR count). The van der Waals surface area contributed by atoms with Crippen molar-refractivity contribution in [2.24, 2.45) is 0 Å². The van der Waals surface area contributed by atoms with E-state index in [4.69, 9.17) is 14.2 Å². The maximum absolute atomic E-state index is 5.63. The molecule has 0 N–H and O–H groups in total. The zero-order valence-corrected chi connectivity index (χ0v) is 11.3. The van der Waals surface area contributed by atoms with Crippen LogP contribution in [0, 0.1) is 0 Å². The standard InChI is InChI=1S/C13H28O3/c1-5-7-9-15-13(4)11-16-12(3)10-14-8-6-2/h12-13H,5-11H2,1-4H3. The highest BCUT2D eigenvalue weighted by atomic mass is 16.6. The van der Waals surface area contributed by atoms with Crippen LogP contribution in [0.4, 0.5) is 0 Å². The van der Waals surface area contributed by atoms with Crippen LogP contribution in [-0.4, -0.2) is 38.6 Å². The highest BCUT2D eigenvalue weighted by Crippen LogP contribution is 1.99. The highest BCUT2D eigenvalue weighted by molar-refractivity contribution is 4.52. The van der Waals surface area contributed by atoms with E-state index in [0.29, 0.717) is 13.2 Å². The van der Waals surface area contributed by atoms with Crippen molar-refractivity contribution in [3.8, 4) is 0 Å². The third-order valence-electron chi connectivity index (χ3n) is 2.22. The smallest absolute Gasteiger partial charge is 0.0781 e. The Morgan fingerprint density at radius 3 is 2.12 bits per heavy atom. The quantitative estimate of drug-likeness (QED) is 0.512. The molecule has 3 nitrogen and oxygen atoms in total. The molecule has 16 heavy (non-hydrogen) atoms. The second kappa shape index (κ2) is 11.4. The third-order valence-corrected chi connectivity index (χ3v) is 2.22. The van der Waals surface area contributed by atoms with Crippen molar-refractivity contribution in [3.05, 3.63) is 0 Å². The molecule has 0 aliphatic rings. The van der Waals surface area contributed by atoms with Crippen molar-refractivity contribution < 1.29 is 14.2 Å². The molecule has 0 saturated carbocycles. The molecule has 0 amide bonds. The lowest BCUT2D eigenvalue weighted by molar-refractivity contribution is -0.0572. The van der Waals surface area contributed by atoms with Crippen LogP contribution in [-0.2, 0) is 14.2 Å². The van der Waals surface area contributed by atoms with Gasteiger partial charge in [-0.1, -0.05) is 20.3 Å². The fourth-order valence-electron chi connectivity index (χ4n) is 1.22. The molecule has 0 heterocycles. The Hall–Kier alpha value is -0.120. The molecule has 2 unspecified atom stereocenters. The topological polar surface area (TPSA) is 27.7 Å². The van der Waals surface area contributed by atoms with Crippen molar-refractivity contribution in [1.29, 1.82) is 0 Å². The minimum Gasteiger partial charge on any atom is -0.379 e. The van der Waals surface area contributed by atoms with Crippen LogP contribution in [0.2, 0.25) is 0 Å². The average molecular weight is 232 g/mol. The van der Waals surface area contributed by atoms with E-state index in [-0.39, 0.29) is 12.2 Å². The maximum Gasteiger partial charge on any atom is 0.0781 e. The van der Waals surface area contributed by atoms with Gasteiger partial charge in [0.1, 0.15) is 0 Å². The van der Waals surface area contributed by atoms with Gasteiger partial charge in [-0.2, -0.15) is 0 Å². The van der Waals surface area contributed by atoms with E-state index in [2.05, 4.69) is 20.8 Å². The Kier molecular flexibility index (Phi) is 11.3. The fraction of sp³-hybridized carbons (Fsp3) is 1.00. The first-order chi connectivity index (χ1) is 7.70. The summed E-state index contributed by atoms with van der Waals surface area (Å²) in [6.45, 7) is 11.3. The van der Waals surface area contributed by atoms with Crippen LogP contribution < -0.4 is 0 Å². The molecule has 0 aromatic rings. The van der Waals surface area contributed by atoms with Crippen LogP contribution in [0.5, 0.6) is 0 Å². The molecule has 0 spiro atoms. The van der Waals surface area contributed by atoms with Gasteiger partial charge in [0.2, 0.25) is 0 Å². The maximum atomic E-state index is 5.63. The van der Waals surface area contributed by atoms with Gasteiger partial charge in [0.25, 0.3) is 0 Å². The summed E-state index contributed by atoms with van der Waals surface area (Å²) in [5, 5.41) is 0. The molecule has 0 aromatic carbocycles. The predicted octanol–water partition coefficient (Wildman–Crippen LogP) is 3.02. The van der Waals surface area contributed by atoms with Gasteiger partial charge in [0, 0.05) is 13.2 Å². The van der Waals surface area contributed by atoms with E-state index in [9.17, 15) is 0 Å².